The quantitative estimate of drug-likeness (QED) is 0.360. The number of hydrogen-bond acceptors (Lipinski definition) is 6. The molecule has 4 aromatic rings. The van der Waals surface area contributed by atoms with Gasteiger partial charge in [-0.3, -0.25) is 4.79 Å². The van der Waals surface area contributed by atoms with Gasteiger partial charge in [0.2, 0.25) is 5.91 Å². The second-order valence-electron chi connectivity index (χ2n) is 7.71. The van der Waals surface area contributed by atoms with Gasteiger partial charge in [-0.25, -0.2) is 24.0 Å². The van der Waals surface area contributed by atoms with Crippen LogP contribution in [0.4, 0.5) is 10.2 Å². The molecule has 0 saturated carbocycles. The number of imidazole rings is 1. The molecule has 1 saturated heterocycles. The average molecular weight is 465 g/mol. The molecule has 4 heterocycles. The topological polar surface area (TPSA) is 108 Å². The molecule has 3 aromatic heterocycles. The van der Waals surface area contributed by atoms with Crippen LogP contribution in [0, 0.1) is 17.7 Å². The summed E-state index contributed by atoms with van der Waals surface area (Å²) in [7, 11) is 1.69. The summed E-state index contributed by atoms with van der Waals surface area (Å²) in [4.78, 5) is 26.3. The van der Waals surface area contributed by atoms with Crippen LogP contribution >= 0.6 is 11.6 Å². The molecule has 2 N–H and O–H groups in total. The Morgan fingerprint density at radius 1 is 1.36 bits per heavy atom. The van der Waals surface area contributed by atoms with Gasteiger partial charge in [-0.05, 0) is 24.5 Å². The van der Waals surface area contributed by atoms with Crippen molar-refractivity contribution in [2.45, 2.75) is 12.5 Å². The summed E-state index contributed by atoms with van der Waals surface area (Å²) >= 11 is 6.25. The van der Waals surface area contributed by atoms with Crippen molar-refractivity contribution < 1.29 is 9.18 Å². The van der Waals surface area contributed by atoms with Crippen molar-refractivity contribution in [1.82, 2.24) is 34.2 Å². The lowest BCUT2D eigenvalue weighted by molar-refractivity contribution is -0.125. The molecule has 1 amide bonds. The van der Waals surface area contributed by atoms with Gasteiger partial charge in [0.15, 0.2) is 11.5 Å². The van der Waals surface area contributed by atoms with Crippen molar-refractivity contribution in [2.24, 2.45) is 7.05 Å². The molecule has 0 spiro atoms. The number of halogens is 2. The van der Waals surface area contributed by atoms with Crippen LogP contribution in [0.5, 0.6) is 0 Å². The second kappa shape index (κ2) is 7.86. The second-order valence-corrected chi connectivity index (χ2v) is 8.08. The highest BCUT2D eigenvalue weighted by molar-refractivity contribution is 6.32. The van der Waals surface area contributed by atoms with Gasteiger partial charge in [-0.2, -0.15) is 5.10 Å². The Balaban J connectivity index is 1.59. The molecule has 1 aliphatic rings. The number of aromatic nitrogens is 6. The van der Waals surface area contributed by atoms with E-state index >= 15 is 0 Å². The van der Waals surface area contributed by atoms with Crippen molar-refractivity contribution in [2.75, 3.05) is 18.8 Å². The van der Waals surface area contributed by atoms with E-state index in [1.807, 2.05) is 0 Å². The first-order valence-corrected chi connectivity index (χ1v) is 10.5. The van der Waals surface area contributed by atoms with E-state index in [0.717, 1.165) is 0 Å². The van der Waals surface area contributed by atoms with E-state index in [4.69, 9.17) is 17.3 Å². The zero-order chi connectivity index (χ0) is 23.3. The average Bonchev–Trinajstić information content (AvgIpc) is 3.52. The number of anilines is 1. The fourth-order valence-electron chi connectivity index (χ4n) is 4.07. The first-order chi connectivity index (χ1) is 15.9. The van der Waals surface area contributed by atoms with E-state index in [9.17, 15) is 9.18 Å². The van der Waals surface area contributed by atoms with Gasteiger partial charge in [0.05, 0.1) is 28.3 Å². The molecule has 0 radical (unpaired) electrons. The number of carbonyl (C=O) groups excluding carboxylic acids is 1. The zero-order valence-electron chi connectivity index (χ0n) is 17.6. The molecule has 0 bridgehead atoms. The molecule has 33 heavy (non-hydrogen) atoms. The summed E-state index contributed by atoms with van der Waals surface area (Å²) in [6.45, 7) is 4.59. The van der Waals surface area contributed by atoms with Gasteiger partial charge in [0.1, 0.15) is 23.4 Å². The zero-order valence-corrected chi connectivity index (χ0v) is 18.3. The van der Waals surface area contributed by atoms with Crippen LogP contribution in [-0.2, 0) is 11.8 Å². The van der Waals surface area contributed by atoms with E-state index in [-0.39, 0.29) is 28.4 Å². The lowest BCUT2D eigenvalue weighted by atomic mass is 10.1. The summed E-state index contributed by atoms with van der Waals surface area (Å²) in [6, 6.07) is 1.52. The van der Waals surface area contributed by atoms with E-state index < -0.39 is 5.82 Å². The maximum atomic E-state index is 14.8. The molecule has 1 unspecified atom stereocenters. The Bertz CT molecular complexity index is 1510. The van der Waals surface area contributed by atoms with Gasteiger partial charge < -0.3 is 15.2 Å². The highest BCUT2D eigenvalue weighted by atomic mass is 35.5. The Hall–Kier alpha value is -3.97. The maximum absolute atomic E-state index is 14.8. The van der Waals surface area contributed by atoms with Gasteiger partial charge >= 0.3 is 0 Å². The molecule has 1 aliphatic heterocycles. The van der Waals surface area contributed by atoms with Crippen LogP contribution in [0.25, 0.3) is 22.1 Å². The molecule has 9 nitrogen and oxygen atoms in total. The smallest absolute Gasteiger partial charge is 0.246 e. The first kappa shape index (κ1) is 20.9. The van der Waals surface area contributed by atoms with Crippen LogP contribution in [-0.4, -0.2) is 53.2 Å². The van der Waals surface area contributed by atoms with Gasteiger partial charge in [0.25, 0.3) is 0 Å². The number of nitrogen functional groups attached to an aromatic ring is 1. The Morgan fingerprint density at radius 2 is 2.18 bits per heavy atom. The number of nitrogens with zero attached hydrogens (tertiary/aromatic N) is 7. The Morgan fingerprint density at radius 3 is 2.97 bits per heavy atom. The number of amides is 1. The first-order valence-electron chi connectivity index (χ1n) is 10.1. The minimum absolute atomic E-state index is 0.0964. The fourth-order valence-corrected chi connectivity index (χ4v) is 4.26. The molecule has 11 heteroatoms. The van der Waals surface area contributed by atoms with Crippen LogP contribution in [0.1, 0.15) is 23.7 Å². The summed E-state index contributed by atoms with van der Waals surface area (Å²) in [5.41, 5.74) is 8.00. The largest absolute Gasteiger partial charge is 0.383 e. The monoisotopic (exact) mass is 464 g/mol. The highest BCUT2D eigenvalue weighted by Crippen LogP contribution is 2.30. The molecule has 1 fully saturated rings. The normalized spacial score (nSPS) is 15.7. The molecular formula is C22H18ClFN8O. The summed E-state index contributed by atoms with van der Waals surface area (Å²) in [5, 5.41) is 5.02. The van der Waals surface area contributed by atoms with Gasteiger partial charge in [-0.15, -0.1) is 0 Å². The summed E-state index contributed by atoms with van der Waals surface area (Å²) < 4.78 is 18.1. The number of rotatable bonds is 2. The van der Waals surface area contributed by atoms with Gasteiger partial charge in [0, 0.05) is 25.7 Å². The van der Waals surface area contributed by atoms with Crippen molar-refractivity contribution in [1.29, 1.82) is 0 Å². The van der Waals surface area contributed by atoms with Crippen molar-refractivity contribution in [3.63, 3.8) is 0 Å². The number of fused-ring (bicyclic) bond motifs is 2. The Labute approximate surface area is 192 Å². The van der Waals surface area contributed by atoms with Crippen molar-refractivity contribution >= 4 is 45.4 Å². The van der Waals surface area contributed by atoms with E-state index in [0.29, 0.717) is 47.3 Å². The number of nitrogens with two attached hydrogens (primary N) is 1. The Kier molecular flexibility index (Phi) is 4.98. The van der Waals surface area contributed by atoms with Crippen LogP contribution < -0.4 is 5.73 Å². The number of aryl methyl sites for hydroxylation is 1. The predicted molar refractivity (Wildman–Crippen MR) is 122 cm³/mol. The summed E-state index contributed by atoms with van der Waals surface area (Å²) in [6.07, 6.45) is 4.86. The molecule has 166 valence electrons. The van der Waals surface area contributed by atoms with Crippen LogP contribution in [0.15, 0.2) is 31.4 Å². The van der Waals surface area contributed by atoms with Crippen molar-refractivity contribution in [3.05, 3.63) is 53.5 Å². The highest BCUT2D eigenvalue weighted by Gasteiger charge is 2.29. The third-order valence-electron chi connectivity index (χ3n) is 5.71. The number of likely N-dealkylation sites (tertiary alicyclic amines) is 1. The SMILES string of the molecule is C=CC(=O)N1CCC(n2nc(C#Cc3cc4ncn(C)c4c(F)c3Cl)c3c(N)ncnc32)C1. The van der Waals surface area contributed by atoms with Crippen molar-refractivity contribution in [3.8, 4) is 11.8 Å². The lowest BCUT2D eigenvalue weighted by Gasteiger charge is -2.14. The minimum atomic E-state index is -0.588. The maximum Gasteiger partial charge on any atom is 0.246 e. The molecule has 1 atom stereocenters. The lowest BCUT2D eigenvalue weighted by Crippen LogP contribution is -2.27. The molecule has 0 aliphatic carbocycles. The third-order valence-corrected chi connectivity index (χ3v) is 6.08. The van der Waals surface area contributed by atoms with E-state index in [2.05, 4.69) is 38.5 Å². The standard InChI is InChI=1S/C22H18ClFN8O/c1-3-16(33)31-7-6-13(9-31)32-22-17(21(25)26-10-27-22)14(29-32)5-4-12-8-15-20(19(24)18(12)23)30(2)11-28-15/h3,8,10-11,13H,1,6-7,9H2,2H3,(H2,25,26,27). The number of hydrogen-bond donors (Lipinski definition) is 1. The number of carbonyl (C=O) groups is 1. The molecular weight excluding hydrogens is 447 g/mol. The van der Waals surface area contributed by atoms with Crippen LogP contribution in [0.3, 0.4) is 0 Å². The van der Waals surface area contributed by atoms with Gasteiger partial charge in [-0.1, -0.05) is 24.1 Å². The predicted octanol–water partition coefficient (Wildman–Crippen LogP) is 2.45. The summed E-state index contributed by atoms with van der Waals surface area (Å²) in [5.74, 6) is 5.35. The van der Waals surface area contributed by atoms with Crippen LogP contribution in [0.2, 0.25) is 5.02 Å². The van der Waals surface area contributed by atoms with E-state index in [1.165, 1.54) is 18.7 Å². The number of benzene rings is 1. The fraction of sp³-hybridized carbons (Fsp3) is 0.227. The van der Waals surface area contributed by atoms with E-state index in [1.54, 1.807) is 27.3 Å². The molecule has 5 rings (SSSR count). The minimum Gasteiger partial charge on any atom is -0.383 e. The third kappa shape index (κ3) is 3.37. The molecule has 1 aromatic carbocycles.